The number of rotatable bonds is 7. The quantitative estimate of drug-likeness (QED) is 0.648. The molecule has 0 aliphatic rings. The Balaban J connectivity index is 2.64. The van der Waals surface area contributed by atoms with Crippen LogP contribution in [-0.2, 0) is 16.0 Å². The molecular formula is C16H23N3O2. The summed E-state index contributed by atoms with van der Waals surface area (Å²) in [6.07, 6.45) is 4.64. The van der Waals surface area contributed by atoms with Crippen molar-refractivity contribution < 1.29 is 9.59 Å². The smallest absolute Gasteiger partial charge is 0.243 e. The zero-order valence-electron chi connectivity index (χ0n) is 12.5. The first-order valence-corrected chi connectivity index (χ1v) is 7.02. The van der Waals surface area contributed by atoms with E-state index in [4.69, 9.17) is 5.73 Å². The van der Waals surface area contributed by atoms with E-state index in [0.717, 1.165) is 6.42 Å². The SMILES string of the molecule is CNC(=O)C=CC(CCc1ccccc1)NC(=O)C(C)N. The molecule has 0 saturated heterocycles. The van der Waals surface area contributed by atoms with Crippen LogP contribution in [0.5, 0.6) is 0 Å². The molecule has 0 saturated carbocycles. The largest absolute Gasteiger partial charge is 0.356 e. The Kier molecular flexibility index (Phi) is 7.18. The normalized spacial score (nSPS) is 13.7. The molecule has 1 aromatic rings. The van der Waals surface area contributed by atoms with E-state index < -0.39 is 6.04 Å². The zero-order chi connectivity index (χ0) is 15.7. The molecule has 114 valence electrons. The van der Waals surface area contributed by atoms with Crippen molar-refractivity contribution in [3.63, 3.8) is 0 Å². The highest BCUT2D eigenvalue weighted by atomic mass is 16.2. The van der Waals surface area contributed by atoms with Gasteiger partial charge in [-0.05, 0) is 25.3 Å². The van der Waals surface area contributed by atoms with Gasteiger partial charge in [-0.2, -0.15) is 0 Å². The molecule has 5 heteroatoms. The summed E-state index contributed by atoms with van der Waals surface area (Å²) >= 11 is 0. The van der Waals surface area contributed by atoms with Crippen LogP contribution in [0.4, 0.5) is 0 Å². The third-order valence-corrected chi connectivity index (χ3v) is 3.05. The lowest BCUT2D eigenvalue weighted by atomic mass is 10.0. The molecule has 0 aliphatic carbocycles. The minimum Gasteiger partial charge on any atom is -0.356 e. The van der Waals surface area contributed by atoms with Crippen molar-refractivity contribution in [2.24, 2.45) is 5.73 Å². The third kappa shape index (κ3) is 6.72. The number of benzene rings is 1. The van der Waals surface area contributed by atoms with Gasteiger partial charge in [-0.15, -0.1) is 0 Å². The summed E-state index contributed by atoms with van der Waals surface area (Å²) in [6.45, 7) is 1.63. The van der Waals surface area contributed by atoms with Gasteiger partial charge in [0, 0.05) is 19.2 Å². The predicted octanol–water partition coefficient (Wildman–Crippen LogP) is 0.753. The van der Waals surface area contributed by atoms with Crippen LogP contribution in [0.2, 0.25) is 0 Å². The van der Waals surface area contributed by atoms with Gasteiger partial charge in [0.05, 0.1) is 6.04 Å². The van der Waals surface area contributed by atoms with Crippen LogP contribution in [0.1, 0.15) is 18.9 Å². The highest BCUT2D eigenvalue weighted by Crippen LogP contribution is 2.06. The zero-order valence-corrected chi connectivity index (χ0v) is 12.5. The van der Waals surface area contributed by atoms with Gasteiger partial charge in [0.2, 0.25) is 11.8 Å². The number of amides is 2. The Bertz CT molecular complexity index is 484. The summed E-state index contributed by atoms with van der Waals surface area (Å²) in [5, 5.41) is 5.34. The molecule has 0 fully saturated rings. The number of carbonyl (C=O) groups excluding carboxylic acids is 2. The van der Waals surface area contributed by atoms with Crippen molar-refractivity contribution in [2.75, 3.05) is 7.05 Å². The van der Waals surface area contributed by atoms with Gasteiger partial charge in [-0.1, -0.05) is 36.4 Å². The van der Waals surface area contributed by atoms with E-state index in [2.05, 4.69) is 10.6 Å². The molecule has 21 heavy (non-hydrogen) atoms. The number of likely N-dealkylation sites (N-methyl/N-ethyl adjacent to an activating group) is 1. The molecule has 2 amide bonds. The van der Waals surface area contributed by atoms with Crippen LogP contribution in [-0.4, -0.2) is 30.9 Å². The number of aryl methyl sites for hydroxylation is 1. The van der Waals surface area contributed by atoms with E-state index in [-0.39, 0.29) is 17.9 Å². The summed E-state index contributed by atoms with van der Waals surface area (Å²) in [7, 11) is 1.56. The van der Waals surface area contributed by atoms with Crippen LogP contribution in [0.25, 0.3) is 0 Å². The topological polar surface area (TPSA) is 84.2 Å². The van der Waals surface area contributed by atoms with Crippen LogP contribution >= 0.6 is 0 Å². The predicted molar refractivity (Wildman–Crippen MR) is 83.5 cm³/mol. The van der Waals surface area contributed by atoms with Crippen molar-refractivity contribution in [1.82, 2.24) is 10.6 Å². The summed E-state index contributed by atoms with van der Waals surface area (Å²) in [6, 6.07) is 9.19. The summed E-state index contributed by atoms with van der Waals surface area (Å²) < 4.78 is 0. The molecule has 1 aromatic carbocycles. The lowest BCUT2D eigenvalue weighted by Crippen LogP contribution is -2.43. The number of nitrogens with two attached hydrogens (primary N) is 1. The maximum absolute atomic E-state index is 11.7. The van der Waals surface area contributed by atoms with Crippen LogP contribution in [0, 0.1) is 0 Å². The van der Waals surface area contributed by atoms with Gasteiger partial charge < -0.3 is 16.4 Å². The monoisotopic (exact) mass is 289 g/mol. The van der Waals surface area contributed by atoms with E-state index in [1.54, 1.807) is 20.0 Å². The van der Waals surface area contributed by atoms with Crippen molar-refractivity contribution in [2.45, 2.75) is 31.8 Å². The maximum atomic E-state index is 11.7. The standard InChI is InChI=1S/C16H23N3O2/c1-12(17)16(21)19-14(10-11-15(20)18-2)9-8-13-6-4-3-5-7-13/h3-7,10-12,14H,8-9,17H2,1-2H3,(H,18,20)(H,19,21). The fraction of sp³-hybridized carbons (Fsp3) is 0.375. The minimum absolute atomic E-state index is 0.199. The fourth-order valence-corrected chi connectivity index (χ4v) is 1.78. The van der Waals surface area contributed by atoms with Gasteiger partial charge in [-0.25, -0.2) is 0 Å². The second-order valence-electron chi connectivity index (χ2n) is 4.90. The van der Waals surface area contributed by atoms with E-state index in [9.17, 15) is 9.59 Å². The molecule has 0 bridgehead atoms. The number of hydrogen-bond acceptors (Lipinski definition) is 3. The van der Waals surface area contributed by atoms with Gasteiger partial charge in [-0.3, -0.25) is 9.59 Å². The Morgan fingerprint density at radius 3 is 2.52 bits per heavy atom. The Morgan fingerprint density at radius 1 is 1.29 bits per heavy atom. The average Bonchev–Trinajstić information content (AvgIpc) is 2.50. The first kappa shape index (κ1) is 16.9. The second-order valence-corrected chi connectivity index (χ2v) is 4.90. The van der Waals surface area contributed by atoms with Gasteiger partial charge >= 0.3 is 0 Å². The maximum Gasteiger partial charge on any atom is 0.243 e. The number of nitrogens with one attached hydrogen (secondary N) is 2. The molecule has 4 N–H and O–H groups in total. The van der Waals surface area contributed by atoms with Gasteiger partial charge in [0.25, 0.3) is 0 Å². The summed E-state index contributed by atoms with van der Waals surface area (Å²) in [4.78, 5) is 23.0. The summed E-state index contributed by atoms with van der Waals surface area (Å²) in [5.74, 6) is -0.427. The van der Waals surface area contributed by atoms with E-state index in [1.807, 2.05) is 30.3 Å². The molecule has 0 heterocycles. The average molecular weight is 289 g/mol. The Hall–Kier alpha value is -2.14. The lowest BCUT2D eigenvalue weighted by molar-refractivity contribution is -0.122. The third-order valence-electron chi connectivity index (χ3n) is 3.05. The molecule has 2 unspecified atom stereocenters. The van der Waals surface area contributed by atoms with E-state index in [1.165, 1.54) is 11.6 Å². The molecule has 0 spiro atoms. The number of hydrogen-bond donors (Lipinski definition) is 3. The van der Waals surface area contributed by atoms with Crippen LogP contribution in [0.3, 0.4) is 0 Å². The molecule has 2 atom stereocenters. The van der Waals surface area contributed by atoms with Crippen LogP contribution in [0.15, 0.2) is 42.5 Å². The molecule has 5 nitrogen and oxygen atoms in total. The minimum atomic E-state index is -0.572. The number of carbonyl (C=O) groups is 2. The van der Waals surface area contributed by atoms with Gasteiger partial charge in [0.15, 0.2) is 0 Å². The molecular weight excluding hydrogens is 266 g/mol. The van der Waals surface area contributed by atoms with Crippen LogP contribution < -0.4 is 16.4 Å². The Morgan fingerprint density at radius 2 is 1.95 bits per heavy atom. The van der Waals surface area contributed by atoms with Gasteiger partial charge in [0.1, 0.15) is 0 Å². The van der Waals surface area contributed by atoms with E-state index >= 15 is 0 Å². The highest BCUT2D eigenvalue weighted by Gasteiger charge is 2.13. The first-order chi connectivity index (χ1) is 10.0. The summed E-state index contributed by atoms with van der Waals surface area (Å²) in [5.41, 5.74) is 6.74. The Labute approximate surface area is 125 Å². The molecule has 0 aliphatic heterocycles. The van der Waals surface area contributed by atoms with Crippen molar-refractivity contribution in [3.05, 3.63) is 48.0 Å². The second kappa shape index (κ2) is 8.92. The van der Waals surface area contributed by atoms with Crippen molar-refractivity contribution in [1.29, 1.82) is 0 Å². The molecule has 0 radical (unpaired) electrons. The fourth-order valence-electron chi connectivity index (χ4n) is 1.78. The van der Waals surface area contributed by atoms with Crippen molar-refractivity contribution >= 4 is 11.8 Å². The first-order valence-electron chi connectivity index (χ1n) is 7.02. The molecule has 1 rings (SSSR count). The molecule has 0 aromatic heterocycles. The highest BCUT2D eigenvalue weighted by molar-refractivity contribution is 5.87. The van der Waals surface area contributed by atoms with E-state index in [0.29, 0.717) is 6.42 Å². The lowest BCUT2D eigenvalue weighted by Gasteiger charge is -2.16. The van der Waals surface area contributed by atoms with Crippen molar-refractivity contribution in [3.8, 4) is 0 Å².